The highest BCUT2D eigenvalue weighted by Crippen LogP contribution is 2.26. The van der Waals surface area contributed by atoms with E-state index >= 15 is 0 Å². The zero-order chi connectivity index (χ0) is 18.0. The number of fused-ring (bicyclic) bond motifs is 1. The normalized spacial score (nSPS) is 13.0. The summed E-state index contributed by atoms with van der Waals surface area (Å²) >= 11 is 4.22. The molecule has 0 saturated heterocycles. The summed E-state index contributed by atoms with van der Waals surface area (Å²) in [4.78, 5) is 15.8. The van der Waals surface area contributed by atoms with Crippen molar-refractivity contribution in [2.45, 2.75) is 16.7 Å². The van der Waals surface area contributed by atoms with E-state index in [1.54, 1.807) is 12.3 Å². The summed E-state index contributed by atoms with van der Waals surface area (Å²) in [6.45, 7) is 0. The molecular formula is C16H13BrN2O4S2. The summed E-state index contributed by atoms with van der Waals surface area (Å²) in [6.07, 6.45) is 1.56. The molecule has 130 valence electrons. The molecule has 2 heterocycles. The topological polar surface area (TPSA) is 96.4 Å². The first-order chi connectivity index (χ1) is 11.8. The summed E-state index contributed by atoms with van der Waals surface area (Å²) in [5.74, 6) is -1.24. The number of nitrogens with one attached hydrogen (secondary N) is 1. The number of sulfonamides is 1. The van der Waals surface area contributed by atoms with Gasteiger partial charge in [0, 0.05) is 18.0 Å². The van der Waals surface area contributed by atoms with Crippen LogP contribution in [0, 0.1) is 0 Å². The van der Waals surface area contributed by atoms with Crippen LogP contribution in [0.1, 0.15) is 5.56 Å². The minimum atomic E-state index is -3.91. The Morgan fingerprint density at radius 1 is 1.28 bits per heavy atom. The van der Waals surface area contributed by atoms with Crippen LogP contribution in [-0.4, -0.2) is 30.5 Å². The van der Waals surface area contributed by atoms with Gasteiger partial charge in [-0.05, 0) is 45.8 Å². The van der Waals surface area contributed by atoms with Gasteiger partial charge in [0.15, 0.2) is 0 Å². The van der Waals surface area contributed by atoms with Crippen LogP contribution in [0.4, 0.5) is 0 Å². The maximum Gasteiger partial charge on any atom is 0.322 e. The number of carboxylic acids is 1. The zero-order valence-corrected chi connectivity index (χ0v) is 15.9. The molecule has 6 nitrogen and oxygen atoms in total. The Morgan fingerprint density at radius 3 is 2.72 bits per heavy atom. The third kappa shape index (κ3) is 4.24. The van der Waals surface area contributed by atoms with Gasteiger partial charge in [0.05, 0.1) is 9.30 Å². The van der Waals surface area contributed by atoms with Gasteiger partial charge in [-0.2, -0.15) is 4.72 Å². The van der Waals surface area contributed by atoms with Crippen molar-refractivity contribution in [3.8, 4) is 0 Å². The molecule has 0 saturated carbocycles. The third-order valence-corrected chi connectivity index (χ3v) is 7.08. The number of benzene rings is 1. The highest BCUT2D eigenvalue weighted by Gasteiger charge is 2.27. The van der Waals surface area contributed by atoms with E-state index in [0.29, 0.717) is 9.35 Å². The standard InChI is InChI=1S/C16H13BrN2O4S2/c17-14-5-6-15(24-14)25(22,23)19-13(16(20)21)8-10-7-11-3-1-2-4-12(11)18-9-10/h1-7,9,13,19H,8H2,(H,20,21)/t13-/m1/s1. The number of nitrogens with zero attached hydrogens (tertiary/aromatic N) is 1. The number of carboxylic acid groups (broad SMARTS) is 1. The minimum Gasteiger partial charge on any atom is -0.480 e. The van der Waals surface area contributed by atoms with E-state index in [9.17, 15) is 18.3 Å². The second kappa shape index (κ2) is 7.20. The molecule has 1 atom stereocenters. The van der Waals surface area contributed by atoms with E-state index in [1.165, 1.54) is 6.07 Å². The average molecular weight is 441 g/mol. The molecule has 2 N–H and O–H groups in total. The van der Waals surface area contributed by atoms with Gasteiger partial charge in [0.1, 0.15) is 10.3 Å². The SMILES string of the molecule is O=C(O)[C@@H](Cc1cnc2ccccc2c1)NS(=O)(=O)c1ccc(Br)s1. The number of hydrogen-bond donors (Lipinski definition) is 2. The van der Waals surface area contributed by atoms with E-state index < -0.39 is 22.0 Å². The van der Waals surface area contributed by atoms with Crippen LogP contribution < -0.4 is 4.72 Å². The van der Waals surface area contributed by atoms with Crippen LogP contribution in [0.3, 0.4) is 0 Å². The van der Waals surface area contributed by atoms with Gasteiger partial charge < -0.3 is 5.11 Å². The van der Waals surface area contributed by atoms with Crippen molar-refractivity contribution in [1.29, 1.82) is 0 Å². The van der Waals surface area contributed by atoms with Crippen molar-refractivity contribution in [2.75, 3.05) is 0 Å². The molecule has 0 aliphatic heterocycles. The molecule has 1 aromatic carbocycles. The lowest BCUT2D eigenvalue weighted by molar-refractivity contribution is -0.138. The first kappa shape index (κ1) is 18.0. The molecule has 0 aliphatic carbocycles. The third-order valence-electron chi connectivity index (χ3n) is 3.50. The molecule has 0 spiro atoms. The molecule has 9 heteroatoms. The largest absolute Gasteiger partial charge is 0.480 e. The Bertz CT molecular complexity index is 1030. The molecule has 0 bridgehead atoms. The number of aromatic nitrogens is 1. The Hall–Kier alpha value is -1.81. The van der Waals surface area contributed by atoms with E-state index in [-0.39, 0.29) is 10.6 Å². The predicted molar refractivity (Wildman–Crippen MR) is 99.2 cm³/mol. The lowest BCUT2D eigenvalue weighted by Crippen LogP contribution is -2.42. The minimum absolute atomic E-state index is 0.00105. The molecular weight excluding hydrogens is 428 g/mol. The fraction of sp³-hybridized carbons (Fsp3) is 0.125. The fourth-order valence-corrected chi connectivity index (χ4v) is 5.55. The Labute approximate surface area is 156 Å². The van der Waals surface area contributed by atoms with Gasteiger partial charge in [0.2, 0.25) is 0 Å². The quantitative estimate of drug-likeness (QED) is 0.613. The number of para-hydroxylation sites is 1. The van der Waals surface area contributed by atoms with Crippen molar-refractivity contribution >= 4 is 54.2 Å². The zero-order valence-electron chi connectivity index (χ0n) is 12.7. The number of rotatable bonds is 6. The Kier molecular flexibility index (Phi) is 5.19. The average Bonchev–Trinajstić information content (AvgIpc) is 3.01. The van der Waals surface area contributed by atoms with Gasteiger partial charge in [0.25, 0.3) is 10.0 Å². The maximum atomic E-state index is 12.4. The van der Waals surface area contributed by atoms with Crippen molar-refractivity contribution in [2.24, 2.45) is 0 Å². The van der Waals surface area contributed by atoms with Crippen LogP contribution >= 0.6 is 27.3 Å². The van der Waals surface area contributed by atoms with Crippen LogP contribution in [0.25, 0.3) is 10.9 Å². The highest BCUT2D eigenvalue weighted by atomic mass is 79.9. The van der Waals surface area contributed by atoms with Gasteiger partial charge >= 0.3 is 5.97 Å². The van der Waals surface area contributed by atoms with Crippen molar-refractivity contribution < 1.29 is 18.3 Å². The number of hydrogen-bond acceptors (Lipinski definition) is 5. The number of pyridine rings is 1. The Morgan fingerprint density at radius 2 is 2.04 bits per heavy atom. The first-order valence-electron chi connectivity index (χ1n) is 7.19. The van der Waals surface area contributed by atoms with Gasteiger partial charge in [-0.15, -0.1) is 11.3 Å². The fourth-order valence-electron chi connectivity index (χ4n) is 2.33. The number of thiophene rings is 1. The van der Waals surface area contributed by atoms with E-state index in [1.807, 2.05) is 30.3 Å². The molecule has 0 unspecified atom stereocenters. The van der Waals surface area contributed by atoms with Gasteiger partial charge in [-0.3, -0.25) is 9.78 Å². The van der Waals surface area contributed by atoms with Gasteiger partial charge in [-0.25, -0.2) is 8.42 Å². The van der Waals surface area contributed by atoms with Crippen molar-refractivity contribution in [1.82, 2.24) is 9.71 Å². The van der Waals surface area contributed by atoms with E-state index in [2.05, 4.69) is 25.6 Å². The summed E-state index contributed by atoms with van der Waals surface area (Å²) in [7, 11) is -3.91. The molecule has 0 amide bonds. The summed E-state index contributed by atoms with van der Waals surface area (Å²) in [6, 6.07) is 11.0. The van der Waals surface area contributed by atoms with Crippen LogP contribution in [0.15, 0.2) is 56.7 Å². The number of carbonyl (C=O) groups is 1. The summed E-state index contributed by atoms with van der Waals surface area (Å²) in [5.41, 5.74) is 1.43. The Balaban J connectivity index is 1.84. The predicted octanol–water partition coefficient (Wildman–Crippen LogP) is 3.03. The molecule has 0 fully saturated rings. The summed E-state index contributed by atoms with van der Waals surface area (Å²) in [5, 5.41) is 10.3. The second-order valence-electron chi connectivity index (χ2n) is 5.31. The van der Waals surface area contributed by atoms with Gasteiger partial charge in [-0.1, -0.05) is 18.2 Å². The van der Waals surface area contributed by atoms with Crippen LogP contribution in [-0.2, 0) is 21.2 Å². The van der Waals surface area contributed by atoms with Crippen molar-refractivity contribution in [3.05, 3.63) is 58.0 Å². The van der Waals surface area contributed by atoms with E-state index in [0.717, 1.165) is 22.2 Å². The molecule has 3 aromatic rings. The lowest BCUT2D eigenvalue weighted by atomic mass is 10.1. The smallest absolute Gasteiger partial charge is 0.322 e. The number of aliphatic carboxylic acids is 1. The first-order valence-corrected chi connectivity index (χ1v) is 10.3. The molecule has 25 heavy (non-hydrogen) atoms. The second-order valence-corrected chi connectivity index (χ2v) is 9.71. The summed E-state index contributed by atoms with van der Waals surface area (Å²) < 4.78 is 27.7. The van der Waals surface area contributed by atoms with Crippen LogP contribution in [0.5, 0.6) is 0 Å². The molecule has 0 radical (unpaired) electrons. The molecule has 3 rings (SSSR count). The monoisotopic (exact) mass is 440 g/mol. The van der Waals surface area contributed by atoms with Crippen LogP contribution in [0.2, 0.25) is 0 Å². The highest BCUT2D eigenvalue weighted by molar-refractivity contribution is 9.11. The van der Waals surface area contributed by atoms with E-state index in [4.69, 9.17) is 0 Å². The lowest BCUT2D eigenvalue weighted by Gasteiger charge is -2.14. The number of halogens is 1. The molecule has 0 aliphatic rings. The molecule has 2 aromatic heterocycles. The van der Waals surface area contributed by atoms with Crippen molar-refractivity contribution in [3.63, 3.8) is 0 Å². The maximum absolute atomic E-state index is 12.4.